The number of hydrogen-bond donors (Lipinski definition) is 0. The van der Waals surface area contributed by atoms with Crippen molar-refractivity contribution in [3.8, 4) is 0 Å². The van der Waals surface area contributed by atoms with E-state index in [0.29, 0.717) is 5.02 Å². The summed E-state index contributed by atoms with van der Waals surface area (Å²) in [6.45, 7) is 5.89. The zero-order valence-electron chi connectivity index (χ0n) is 13.4. The van der Waals surface area contributed by atoms with Crippen LogP contribution in [-0.4, -0.2) is 23.9 Å². The summed E-state index contributed by atoms with van der Waals surface area (Å²) in [4.78, 5) is 14.3. The maximum absolute atomic E-state index is 12.4. The van der Waals surface area contributed by atoms with Gasteiger partial charge >= 0.3 is 0 Å². The Hall–Kier alpha value is -1.02. The van der Waals surface area contributed by atoms with E-state index in [1.807, 2.05) is 11.8 Å². The number of nitrogens with zero attached hydrogens (tertiary/aromatic N) is 1. The van der Waals surface area contributed by atoms with Crippen LogP contribution in [0.1, 0.15) is 69.2 Å². The normalized spacial score (nSPS) is 10.6. The predicted molar refractivity (Wildman–Crippen MR) is 91.0 cm³/mol. The van der Waals surface area contributed by atoms with Crippen molar-refractivity contribution in [1.29, 1.82) is 0 Å². The number of hydrogen-bond acceptors (Lipinski definition) is 1. The first-order valence-corrected chi connectivity index (χ1v) is 8.61. The van der Waals surface area contributed by atoms with Crippen molar-refractivity contribution < 1.29 is 4.79 Å². The van der Waals surface area contributed by atoms with Crippen LogP contribution in [0.25, 0.3) is 0 Å². The highest BCUT2D eigenvalue weighted by Gasteiger charge is 2.13. The van der Waals surface area contributed by atoms with Gasteiger partial charge in [-0.15, -0.1) is 0 Å². The second-order valence-electron chi connectivity index (χ2n) is 5.51. The molecule has 0 N–H and O–H groups in total. The van der Waals surface area contributed by atoms with Gasteiger partial charge in [0.05, 0.1) is 0 Å². The van der Waals surface area contributed by atoms with Crippen LogP contribution >= 0.6 is 11.6 Å². The van der Waals surface area contributed by atoms with Gasteiger partial charge in [0.2, 0.25) is 0 Å². The first kappa shape index (κ1) is 18.0. The molecule has 1 amide bonds. The number of carbonyl (C=O) groups excluding carboxylic acids is 1. The summed E-state index contributed by atoms with van der Waals surface area (Å²) in [5, 5.41) is 0.668. The molecule has 0 radical (unpaired) electrons. The lowest BCUT2D eigenvalue weighted by Crippen LogP contribution is -2.31. The van der Waals surface area contributed by atoms with Crippen molar-refractivity contribution in [1.82, 2.24) is 4.90 Å². The summed E-state index contributed by atoms with van der Waals surface area (Å²) >= 11 is 5.86. The Labute approximate surface area is 134 Å². The highest BCUT2D eigenvalue weighted by Crippen LogP contribution is 2.13. The second kappa shape index (κ2) is 10.7. The maximum Gasteiger partial charge on any atom is 0.253 e. The van der Waals surface area contributed by atoms with E-state index in [0.717, 1.165) is 25.1 Å². The summed E-state index contributed by atoms with van der Waals surface area (Å²) < 4.78 is 0. The van der Waals surface area contributed by atoms with Gasteiger partial charge in [0.1, 0.15) is 0 Å². The monoisotopic (exact) mass is 309 g/mol. The van der Waals surface area contributed by atoms with E-state index in [2.05, 4.69) is 6.92 Å². The van der Waals surface area contributed by atoms with Crippen LogP contribution in [0.2, 0.25) is 5.02 Å². The molecule has 0 fully saturated rings. The number of unbranched alkanes of at least 4 members (excludes halogenated alkanes) is 6. The fourth-order valence-electron chi connectivity index (χ4n) is 2.44. The van der Waals surface area contributed by atoms with Gasteiger partial charge in [-0.25, -0.2) is 0 Å². The molecular weight excluding hydrogens is 282 g/mol. The van der Waals surface area contributed by atoms with Crippen molar-refractivity contribution in [2.45, 2.75) is 58.8 Å². The lowest BCUT2D eigenvalue weighted by Gasteiger charge is -2.21. The largest absolute Gasteiger partial charge is 0.339 e. The van der Waals surface area contributed by atoms with E-state index in [-0.39, 0.29) is 5.91 Å². The predicted octanol–water partition coefficient (Wildman–Crippen LogP) is 5.55. The van der Waals surface area contributed by atoms with Crippen LogP contribution in [0.15, 0.2) is 24.3 Å². The SMILES string of the molecule is CCCCCCCCCN(CC)C(=O)c1ccc(Cl)cc1. The molecule has 1 aromatic carbocycles. The highest BCUT2D eigenvalue weighted by atomic mass is 35.5. The van der Waals surface area contributed by atoms with E-state index in [1.54, 1.807) is 24.3 Å². The van der Waals surface area contributed by atoms with Crippen molar-refractivity contribution in [3.63, 3.8) is 0 Å². The number of halogens is 1. The van der Waals surface area contributed by atoms with Gasteiger partial charge < -0.3 is 4.90 Å². The van der Waals surface area contributed by atoms with Crippen LogP contribution in [0.4, 0.5) is 0 Å². The van der Waals surface area contributed by atoms with E-state index >= 15 is 0 Å². The Kier molecular flexibility index (Phi) is 9.16. The van der Waals surface area contributed by atoms with Crippen LogP contribution in [0.5, 0.6) is 0 Å². The first-order valence-electron chi connectivity index (χ1n) is 8.23. The molecule has 1 rings (SSSR count). The summed E-state index contributed by atoms with van der Waals surface area (Å²) in [6.07, 6.45) is 8.90. The average molecular weight is 310 g/mol. The number of carbonyl (C=O) groups is 1. The van der Waals surface area contributed by atoms with E-state index in [4.69, 9.17) is 11.6 Å². The lowest BCUT2D eigenvalue weighted by molar-refractivity contribution is 0.0761. The van der Waals surface area contributed by atoms with E-state index < -0.39 is 0 Å². The molecule has 0 spiro atoms. The van der Waals surface area contributed by atoms with E-state index in [9.17, 15) is 4.79 Å². The minimum Gasteiger partial charge on any atom is -0.339 e. The summed E-state index contributed by atoms with van der Waals surface area (Å²) in [5.41, 5.74) is 0.726. The van der Waals surface area contributed by atoms with Crippen LogP contribution in [0, 0.1) is 0 Å². The minimum atomic E-state index is 0.111. The molecule has 3 heteroatoms. The van der Waals surface area contributed by atoms with Crippen LogP contribution < -0.4 is 0 Å². The molecule has 2 nitrogen and oxygen atoms in total. The van der Waals surface area contributed by atoms with Gasteiger partial charge in [-0.05, 0) is 37.6 Å². The zero-order valence-corrected chi connectivity index (χ0v) is 14.2. The Bertz CT molecular complexity index is 402. The molecule has 0 unspecified atom stereocenters. The van der Waals surface area contributed by atoms with E-state index in [1.165, 1.54) is 38.5 Å². The van der Waals surface area contributed by atoms with Crippen molar-refractivity contribution in [2.75, 3.05) is 13.1 Å². The molecule has 21 heavy (non-hydrogen) atoms. The molecule has 0 aliphatic heterocycles. The molecule has 0 aliphatic rings. The van der Waals surface area contributed by atoms with Crippen molar-refractivity contribution in [2.24, 2.45) is 0 Å². The number of benzene rings is 1. The summed E-state index contributed by atoms with van der Waals surface area (Å²) in [6, 6.07) is 7.16. The van der Waals surface area contributed by atoms with Gasteiger partial charge in [-0.2, -0.15) is 0 Å². The molecule has 1 aromatic rings. The molecule has 0 atom stereocenters. The zero-order chi connectivity index (χ0) is 15.5. The van der Waals surface area contributed by atoms with Crippen molar-refractivity contribution in [3.05, 3.63) is 34.9 Å². The Morgan fingerprint density at radius 3 is 2.10 bits per heavy atom. The third kappa shape index (κ3) is 6.99. The Morgan fingerprint density at radius 1 is 0.952 bits per heavy atom. The average Bonchev–Trinajstić information content (AvgIpc) is 2.50. The summed E-state index contributed by atoms with van der Waals surface area (Å²) in [5.74, 6) is 0.111. The fraction of sp³-hybridized carbons (Fsp3) is 0.611. The molecule has 0 aromatic heterocycles. The number of amides is 1. The topological polar surface area (TPSA) is 20.3 Å². The molecule has 118 valence electrons. The third-order valence-electron chi connectivity index (χ3n) is 3.79. The van der Waals surface area contributed by atoms with Gasteiger partial charge in [0.25, 0.3) is 5.91 Å². The standard InChI is InChI=1S/C18H28ClNO/c1-3-5-6-7-8-9-10-15-20(4-2)18(21)16-11-13-17(19)14-12-16/h11-14H,3-10,15H2,1-2H3. The lowest BCUT2D eigenvalue weighted by atomic mass is 10.1. The van der Waals surface area contributed by atoms with Gasteiger partial charge in [-0.1, -0.05) is 57.0 Å². The maximum atomic E-state index is 12.4. The van der Waals surface area contributed by atoms with Gasteiger partial charge in [0.15, 0.2) is 0 Å². The number of rotatable bonds is 10. The third-order valence-corrected chi connectivity index (χ3v) is 4.04. The first-order chi connectivity index (χ1) is 10.2. The van der Waals surface area contributed by atoms with Crippen LogP contribution in [-0.2, 0) is 0 Å². The highest BCUT2D eigenvalue weighted by molar-refractivity contribution is 6.30. The quantitative estimate of drug-likeness (QED) is 0.519. The molecule has 0 heterocycles. The van der Waals surface area contributed by atoms with Crippen molar-refractivity contribution >= 4 is 17.5 Å². The molecule has 0 saturated carbocycles. The second-order valence-corrected chi connectivity index (χ2v) is 5.95. The minimum absolute atomic E-state index is 0.111. The molecule has 0 aliphatic carbocycles. The Morgan fingerprint density at radius 2 is 1.52 bits per heavy atom. The molecule has 0 bridgehead atoms. The van der Waals surface area contributed by atoms with Gasteiger partial charge in [0, 0.05) is 23.7 Å². The molecule has 0 saturated heterocycles. The fourth-order valence-corrected chi connectivity index (χ4v) is 2.56. The van der Waals surface area contributed by atoms with Crippen LogP contribution in [0.3, 0.4) is 0 Å². The summed E-state index contributed by atoms with van der Waals surface area (Å²) in [7, 11) is 0. The van der Waals surface area contributed by atoms with Gasteiger partial charge in [-0.3, -0.25) is 4.79 Å². The molecular formula is C18H28ClNO. The Balaban J connectivity index is 2.30. The smallest absolute Gasteiger partial charge is 0.253 e.